The second-order valence-corrected chi connectivity index (χ2v) is 4.68. The molecule has 1 heterocycles. The van der Waals surface area contributed by atoms with E-state index in [2.05, 4.69) is 23.6 Å². The third-order valence-electron chi connectivity index (χ3n) is 1.55. The van der Waals surface area contributed by atoms with Gasteiger partial charge in [-0.15, -0.1) is 10.1 Å². The van der Waals surface area contributed by atoms with Crippen molar-refractivity contribution in [2.45, 2.75) is 4.90 Å². The van der Waals surface area contributed by atoms with Crippen LogP contribution in [0.25, 0.3) is 6.08 Å². The highest BCUT2D eigenvalue weighted by Crippen LogP contribution is 2.49. The summed E-state index contributed by atoms with van der Waals surface area (Å²) in [5, 5.41) is 2.07. The number of rotatable bonds is 0. The van der Waals surface area contributed by atoms with Crippen molar-refractivity contribution in [3.05, 3.63) is 35.2 Å². The summed E-state index contributed by atoms with van der Waals surface area (Å²) in [7, 11) is 5.53. The van der Waals surface area contributed by atoms with Crippen molar-refractivity contribution in [2.24, 2.45) is 0 Å². The van der Waals surface area contributed by atoms with E-state index in [4.69, 9.17) is 10.7 Å². The molecule has 1 aromatic carbocycles. The molecule has 52 valence electrons. The summed E-state index contributed by atoms with van der Waals surface area (Å²) in [4.78, 5) is 1.29. The fourth-order valence-electron chi connectivity index (χ4n) is 1.05. The van der Waals surface area contributed by atoms with Gasteiger partial charge in [0, 0.05) is 4.90 Å². The van der Waals surface area contributed by atoms with Crippen LogP contribution >= 0.6 is 20.8 Å². The summed E-state index contributed by atoms with van der Waals surface area (Å²) in [6.45, 7) is 0. The van der Waals surface area contributed by atoms with Crippen LogP contribution in [-0.2, 0) is 0 Å². The van der Waals surface area contributed by atoms with Crippen LogP contribution < -0.4 is 0 Å². The minimum atomic E-state index is -0.489. The summed E-state index contributed by atoms with van der Waals surface area (Å²) in [6, 6.07) is 8.25. The summed E-state index contributed by atoms with van der Waals surface area (Å²) >= 11 is 0. The second-order valence-electron chi connectivity index (χ2n) is 2.19. The Morgan fingerprint density at radius 1 is 1.20 bits per heavy atom. The van der Waals surface area contributed by atoms with Crippen molar-refractivity contribution in [3.63, 3.8) is 0 Å². The summed E-state index contributed by atoms with van der Waals surface area (Å²) in [5.41, 5.74) is 1.28. The van der Waals surface area contributed by atoms with Crippen LogP contribution in [-0.4, -0.2) is 0 Å². The smallest absolute Gasteiger partial charge is 0.0113 e. The first-order valence-corrected chi connectivity index (χ1v) is 5.42. The Morgan fingerprint density at radius 2 is 2.00 bits per heavy atom. The third-order valence-corrected chi connectivity index (χ3v) is 3.71. The van der Waals surface area contributed by atoms with Crippen molar-refractivity contribution < 1.29 is 0 Å². The predicted molar refractivity (Wildman–Crippen MR) is 48.6 cm³/mol. The second kappa shape index (κ2) is 2.33. The van der Waals surface area contributed by atoms with Gasteiger partial charge < -0.3 is 0 Å². The number of fused-ring (bicyclic) bond motifs is 1. The number of thiol groups is 1. The predicted octanol–water partition coefficient (Wildman–Crippen LogP) is 3.18. The lowest BCUT2D eigenvalue weighted by atomic mass is 10.2. The first kappa shape index (κ1) is 6.32. The van der Waals surface area contributed by atoms with Gasteiger partial charge in [-0.25, -0.2) is 0 Å². The lowest BCUT2D eigenvalue weighted by molar-refractivity contribution is 1.44. The molecule has 1 aliphatic heterocycles. The lowest BCUT2D eigenvalue weighted by Gasteiger charge is -2.03. The number of benzene rings is 1. The fourth-order valence-corrected chi connectivity index (χ4v) is 2.76. The van der Waals surface area contributed by atoms with Crippen LogP contribution in [0, 0.1) is 0 Å². The Kier molecular flexibility index (Phi) is 1.47. The van der Waals surface area contributed by atoms with E-state index in [9.17, 15) is 0 Å². The number of hydrogen-bond acceptors (Lipinski definition) is 0. The van der Waals surface area contributed by atoms with E-state index in [1.165, 1.54) is 10.5 Å². The summed E-state index contributed by atoms with van der Waals surface area (Å²) in [6.07, 6.45) is 2.09. The third kappa shape index (κ3) is 0.862. The molecular formula is C8H7ClS. The van der Waals surface area contributed by atoms with Gasteiger partial charge in [0.1, 0.15) is 0 Å². The van der Waals surface area contributed by atoms with Crippen LogP contribution in [0.4, 0.5) is 0 Å². The molecule has 0 spiro atoms. The van der Waals surface area contributed by atoms with Gasteiger partial charge >= 0.3 is 0 Å². The molecule has 1 aliphatic rings. The monoisotopic (exact) mass is 170 g/mol. The molecule has 0 nitrogen and oxygen atoms in total. The molecule has 0 N–H and O–H groups in total. The largest absolute Gasteiger partial charge is 0.127 e. The van der Waals surface area contributed by atoms with Crippen LogP contribution in [0.5, 0.6) is 0 Å². The molecule has 0 radical (unpaired) electrons. The van der Waals surface area contributed by atoms with Gasteiger partial charge in [0.25, 0.3) is 0 Å². The van der Waals surface area contributed by atoms with Gasteiger partial charge in [-0.3, -0.25) is 0 Å². The number of hydrogen-bond donors (Lipinski definition) is 1. The zero-order valence-electron chi connectivity index (χ0n) is 5.29. The zero-order chi connectivity index (χ0) is 6.97. The van der Waals surface area contributed by atoms with E-state index in [1.807, 2.05) is 12.1 Å². The maximum atomic E-state index is 6.02. The van der Waals surface area contributed by atoms with E-state index < -0.39 is 10.1 Å². The quantitative estimate of drug-likeness (QED) is 0.568. The van der Waals surface area contributed by atoms with Crippen molar-refractivity contribution >= 4 is 26.9 Å². The van der Waals surface area contributed by atoms with Crippen molar-refractivity contribution in [3.8, 4) is 0 Å². The maximum Gasteiger partial charge on any atom is 0.0113 e. The Balaban J connectivity index is 2.59. The van der Waals surface area contributed by atoms with Gasteiger partial charge in [0.2, 0.25) is 0 Å². The minimum Gasteiger partial charge on any atom is -0.127 e. The molecule has 2 heteroatoms. The molecule has 1 unspecified atom stereocenters. The first-order valence-electron chi connectivity index (χ1n) is 3.10. The SMILES string of the molecule is Cl[SH]1C=Cc2ccccc21. The number of halogens is 1. The normalized spacial score (nSPS) is 24.7. The average molecular weight is 171 g/mol. The first-order chi connectivity index (χ1) is 4.88. The molecule has 0 fully saturated rings. The van der Waals surface area contributed by atoms with Crippen LogP contribution in [0.3, 0.4) is 0 Å². The Bertz CT molecular complexity index is 280. The molecule has 1 aromatic rings. The molecular weight excluding hydrogens is 164 g/mol. The van der Waals surface area contributed by atoms with Gasteiger partial charge in [-0.05, 0) is 23.1 Å². The molecule has 0 aromatic heterocycles. The maximum absolute atomic E-state index is 6.02. The van der Waals surface area contributed by atoms with Gasteiger partial charge in [0.05, 0.1) is 0 Å². The molecule has 0 aliphatic carbocycles. The van der Waals surface area contributed by atoms with Crippen molar-refractivity contribution in [1.29, 1.82) is 0 Å². The van der Waals surface area contributed by atoms with Gasteiger partial charge in [0.15, 0.2) is 0 Å². The molecule has 0 saturated carbocycles. The van der Waals surface area contributed by atoms with Crippen molar-refractivity contribution in [1.82, 2.24) is 0 Å². The Hall–Kier alpha value is -0.400. The van der Waals surface area contributed by atoms with Gasteiger partial charge in [-0.2, -0.15) is 0 Å². The Labute approximate surface area is 67.4 Å². The van der Waals surface area contributed by atoms with Crippen molar-refractivity contribution in [2.75, 3.05) is 0 Å². The summed E-state index contributed by atoms with van der Waals surface area (Å²) < 4.78 is 0. The highest BCUT2D eigenvalue weighted by Gasteiger charge is 2.08. The lowest BCUT2D eigenvalue weighted by Crippen LogP contribution is -1.71. The van der Waals surface area contributed by atoms with E-state index in [0.717, 1.165) is 0 Å². The highest BCUT2D eigenvalue weighted by molar-refractivity contribution is 8.38. The highest BCUT2D eigenvalue weighted by atomic mass is 35.7. The molecule has 0 saturated heterocycles. The van der Waals surface area contributed by atoms with Gasteiger partial charge in [-0.1, -0.05) is 28.9 Å². The van der Waals surface area contributed by atoms with E-state index in [-0.39, 0.29) is 0 Å². The molecule has 1 atom stereocenters. The summed E-state index contributed by atoms with van der Waals surface area (Å²) in [5.74, 6) is 0. The van der Waals surface area contributed by atoms with E-state index in [1.54, 1.807) is 0 Å². The average Bonchev–Trinajstić information content (AvgIpc) is 2.34. The van der Waals surface area contributed by atoms with Crippen LogP contribution in [0.2, 0.25) is 0 Å². The molecule has 2 rings (SSSR count). The Morgan fingerprint density at radius 3 is 2.80 bits per heavy atom. The van der Waals surface area contributed by atoms with Crippen LogP contribution in [0.1, 0.15) is 5.56 Å². The standard InChI is InChI=1S/C8H7ClS/c9-10-6-5-7-3-1-2-4-8(7)10/h1-6,10H. The zero-order valence-corrected chi connectivity index (χ0v) is 6.94. The topological polar surface area (TPSA) is 0 Å². The van der Waals surface area contributed by atoms with Crippen LogP contribution in [0.15, 0.2) is 34.6 Å². The molecule has 0 amide bonds. The van der Waals surface area contributed by atoms with E-state index in [0.29, 0.717) is 0 Å². The molecule has 0 bridgehead atoms. The minimum absolute atomic E-state index is 0.489. The molecule has 10 heavy (non-hydrogen) atoms. The van der Waals surface area contributed by atoms with E-state index >= 15 is 0 Å². The fraction of sp³-hybridized carbons (Fsp3) is 0.